The minimum absolute atomic E-state index is 0.00424. The van der Waals surface area contributed by atoms with Crippen molar-refractivity contribution in [3.63, 3.8) is 0 Å². The summed E-state index contributed by atoms with van der Waals surface area (Å²) in [5.41, 5.74) is 0.838. The number of alkyl carbamates (subject to hydrolysis) is 1. The van der Waals surface area contributed by atoms with Gasteiger partial charge in [-0.15, -0.1) is 5.10 Å². The number of fused-ring (bicyclic) bond motifs is 6. The molecule has 464 valence electrons. The third-order valence-electron chi connectivity index (χ3n) is 19.4. The van der Waals surface area contributed by atoms with E-state index in [4.69, 9.17) is 14.0 Å². The van der Waals surface area contributed by atoms with E-state index in [9.17, 15) is 38.1 Å². The fraction of sp³-hybridized carbons (Fsp3) is 0.633. The minimum atomic E-state index is -4.62. The third-order valence-corrected chi connectivity index (χ3v) is 22.3. The summed E-state index contributed by atoms with van der Waals surface area (Å²) in [5.74, 6) is 0.590. The summed E-state index contributed by atoms with van der Waals surface area (Å²) in [6.45, 7) is 10.9. The van der Waals surface area contributed by atoms with Crippen molar-refractivity contribution in [3.05, 3.63) is 82.8 Å². The molecular formula is C60H83N9O13S3. The molecule has 7 heterocycles. The topological polar surface area (TPSA) is 291 Å². The predicted molar refractivity (Wildman–Crippen MR) is 324 cm³/mol. The molecule has 1 spiro atoms. The number of nitrogens with zero attached hydrogens (tertiary/aromatic N) is 6. The van der Waals surface area contributed by atoms with E-state index in [1.54, 1.807) is 7.11 Å². The zero-order valence-corrected chi connectivity index (χ0v) is 52.0. The van der Waals surface area contributed by atoms with Gasteiger partial charge in [0.2, 0.25) is 5.91 Å². The number of Topliss-reactive ketones (excluding diaryl/α,β-unsaturated/α-hetero) is 2. The number of carbonyl (C=O) groups is 4. The van der Waals surface area contributed by atoms with E-state index < -0.39 is 74.5 Å². The number of carbonyl (C=O) groups excluding carboxylic acids is 4. The average Bonchev–Trinajstić information content (AvgIpc) is 1.53. The van der Waals surface area contributed by atoms with Gasteiger partial charge in [0.25, 0.3) is 0 Å². The number of anilines is 1. The number of benzene rings is 2. The number of aliphatic hydroxyl groups excluding tert-OH is 1. The van der Waals surface area contributed by atoms with Crippen LogP contribution >= 0.6 is 21.6 Å². The highest BCUT2D eigenvalue weighted by Gasteiger charge is 2.78. The molecule has 22 nitrogen and oxygen atoms in total. The molecule has 7 N–H and O–H groups in total. The summed E-state index contributed by atoms with van der Waals surface area (Å²) in [7, 11) is 1.89. The van der Waals surface area contributed by atoms with Crippen LogP contribution in [-0.2, 0) is 63.9 Å². The van der Waals surface area contributed by atoms with Gasteiger partial charge in [-0.05, 0) is 94.0 Å². The highest BCUT2D eigenvalue weighted by atomic mass is 33.1. The van der Waals surface area contributed by atoms with Crippen molar-refractivity contribution < 1.29 is 61.1 Å². The number of ether oxygens (including phenoxy) is 2. The molecule has 0 radical (unpaired) electrons. The zero-order chi connectivity index (χ0) is 60.7. The molecule has 2 saturated heterocycles. The van der Waals surface area contributed by atoms with E-state index >= 15 is 4.79 Å². The van der Waals surface area contributed by atoms with Crippen LogP contribution in [0.2, 0.25) is 0 Å². The standard InChI is InChI=1S/C60H83N9O13S3/c1-7-14-50(72)62-45(29-39-36-69(65-64-39)24-25-82-85(77,78)79)47(70)17-12-27-83-84-28-26-81-55(74)61-34-49(71)60(76)53-59(20-23-68-21-13-19-58(9-3,52(59)68)54(60)73)42-30-43(48(80-6)31-46(42)66(53)5)56(4)32-38-33-57(75,8-2)37-67(35-38)22-18-41-40-15-10-11-16-44(40)63-51(41)56/h10-11,13,15-16,19,30-31,36,38,45,52-54,63,73,75-76H,7-9,12,14,17-18,20-29,32-35,37H2,1-6H3,(H,61,74)(H,62,72)(H,77,78,79)/t38-,45-,52-,53+,54+,56+,57-,58+,59+,60-/m0/s1. The molecule has 2 amide bonds. The number of aromatic nitrogens is 4. The summed E-state index contributed by atoms with van der Waals surface area (Å²) in [5, 5.41) is 53.1. The van der Waals surface area contributed by atoms with Gasteiger partial charge in [0.15, 0.2) is 17.2 Å². The van der Waals surface area contributed by atoms with Gasteiger partial charge in [0.1, 0.15) is 18.5 Å². The molecule has 1 saturated carbocycles. The number of amides is 2. The molecule has 10 rings (SSSR count). The van der Waals surface area contributed by atoms with E-state index in [1.807, 2.05) is 37.9 Å². The Hall–Kier alpha value is -5.09. The Labute approximate surface area is 505 Å². The molecule has 2 aromatic heterocycles. The molecule has 1 aliphatic carbocycles. The first-order chi connectivity index (χ1) is 40.6. The van der Waals surface area contributed by atoms with Crippen molar-refractivity contribution in [3.8, 4) is 5.75 Å². The summed E-state index contributed by atoms with van der Waals surface area (Å²) in [6.07, 6.45) is 8.61. The van der Waals surface area contributed by atoms with Gasteiger partial charge >= 0.3 is 16.5 Å². The maximum atomic E-state index is 15.2. The molecule has 6 aliphatic rings. The van der Waals surface area contributed by atoms with Crippen molar-refractivity contribution in [1.29, 1.82) is 0 Å². The number of ketones is 2. The lowest BCUT2D eigenvalue weighted by Crippen LogP contribution is -2.81. The van der Waals surface area contributed by atoms with E-state index in [0.717, 1.165) is 54.0 Å². The minimum Gasteiger partial charge on any atom is -0.496 e. The second-order valence-electron chi connectivity index (χ2n) is 24.5. The number of piperidine rings is 1. The van der Waals surface area contributed by atoms with Crippen LogP contribution < -0.4 is 20.3 Å². The Bertz CT molecular complexity index is 3290. The number of para-hydroxylation sites is 1. The van der Waals surface area contributed by atoms with Crippen LogP contribution in [0.3, 0.4) is 0 Å². The van der Waals surface area contributed by atoms with Gasteiger partial charge in [-0.3, -0.25) is 28.7 Å². The number of rotatable bonds is 25. The number of H-pyrrole nitrogens is 1. The van der Waals surface area contributed by atoms with Gasteiger partial charge in [-0.25, -0.2) is 13.7 Å². The SMILES string of the molecule is CCCC(=O)N[C@@H](Cc1cn(CCOS(=O)(=O)O)nn1)C(=O)CCCSSCCOC(=O)NCC(=O)[C@@]1(O)[C@H](O)[C@]2(CC)C=CCN3CC[C@@]4(c5cc([C@@]6(C)C[C@@H]7CN(CCc8c6[nH]c6ccccc86)C[C@](O)(CC)C7)c(OC)cc5N(C)[C@@H]14)[C@@H]32. The average molecular weight is 1230 g/mol. The molecule has 85 heavy (non-hydrogen) atoms. The molecule has 4 aromatic rings. The monoisotopic (exact) mass is 1230 g/mol. The normalized spacial score (nSPS) is 29.9. The molecule has 11 atom stereocenters. The van der Waals surface area contributed by atoms with Gasteiger partial charge < -0.3 is 45.3 Å². The third kappa shape index (κ3) is 11.9. The summed E-state index contributed by atoms with van der Waals surface area (Å²) >= 11 is 0. The van der Waals surface area contributed by atoms with Crippen molar-refractivity contribution in [2.45, 2.75) is 151 Å². The second kappa shape index (κ2) is 25.2. The van der Waals surface area contributed by atoms with Crippen LogP contribution in [0.4, 0.5) is 10.5 Å². The van der Waals surface area contributed by atoms with Gasteiger partial charge in [-0.2, -0.15) is 8.42 Å². The Balaban J connectivity index is 0.824. The Morgan fingerprint density at radius 2 is 1.78 bits per heavy atom. The molecule has 2 bridgehead atoms. The smallest absolute Gasteiger partial charge is 0.407 e. The Kier molecular flexibility index (Phi) is 18.6. The van der Waals surface area contributed by atoms with Crippen molar-refractivity contribution >= 4 is 72.1 Å². The van der Waals surface area contributed by atoms with E-state index in [1.165, 1.54) is 43.4 Å². The highest BCUT2D eigenvalue weighted by Crippen LogP contribution is 2.67. The lowest BCUT2D eigenvalue weighted by atomic mass is 9.47. The number of hydrogen-bond acceptors (Lipinski definition) is 19. The highest BCUT2D eigenvalue weighted by molar-refractivity contribution is 8.76. The van der Waals surface area contributed by atoms with Crippen LogP contribution in [0.1, 0.15) is 114 Å². The van der Waals surface area contributed by atoms with E-state index in [0.29, 0.717) is 81.1 Å². The zero-order valence-electron chi connectivity index (χ0n) is 49.5. The van der Waals surface area contributed by atoms with Crippen LogP contribution in [0.5, 0.6) is 5.75 Å². The number of aliphatic hydroxyl groups is 3. The summed E-state index contributed by atoms with van der Waals surface area (Å²) in [4.78, 5) is 65.3. The van der Waals surface area contributed by atoms with Gasteiger partial charge in [-0.1, -0.05) is 77.9 Å². The lowest BCUT2D eigenvalue weighted by Gasteiger charge is -2.63. The maximum absolute atomic E-state index is 15.2. The molecule has 1 unspecified atom stereocenters. The predicted octanol–water partition coefficient (Wildman–Crippen LogP) is 5.06. The van der Waals surface area contributed by atoms with Gasteiger partial charge in [0, 0.05) is 126 Å². The van der Waals surface area contributed by atoms with Crippen LogP contribution in [0.25, 0.3) is 10.9 Å². The quantitative estimate of drug-likeness (QED) is 0.0198. The summed E-state index contributed by atoms with van der Waals surface area (Å²) < 4.78 is 48.2. The van der Waals surface area contributed by atoms with E-state index in [2.05, 4.69) is 90.2 Å². The summed E-state index contributed by atoms with van der Waals surface area (Å²) in [6, 6.07) is 10.7. The molecule has 2 aromatic carbocycles. The van der Waals surface area contributed by atoms with E-state index in [-0.39, 0.29) is 62.7 Å². The lowest BCUT2D eigenvalue weighted by molar-refractivity contribution is -0.201. The largest absolute Gasteiger partial charge is 0.496 e. The van der Waals surface area contributed by atoms with Crippen molar-refractivity contribution in [2.75, 3.05) is 83.0 Å². The number of hydrogen-bond donors (Lipinski definition) is 7. The maximum Gasteiger partial charge on any atom is 0.407 e. The fourth-order valence-electron chi connectivity index (χ4n) is 15.8. The first-order valence-corrected chi connectivity index (χ1v) is 33.8. The van der Waals surface area contributed by atoms with Crippen LogP contribution in [0, 0.1) is 11.3 Å². The van der Waals surface area contributed by atoms with Crippen LogP contribution in [0.15, 0.2) is 54.7 Å². The first kappa shape index (κ1) is 62.9. The number of aromatic amines is 1. The second-order valence-corrected chi connectivity index (χ2v) is 28.3. The molecular weight excluding hydrogens is 1150 g/mol. The molecule has 3 fully saturated rings. The number of likely N-dealkylation sites (N-methyl/N-ethyl adjacent to an activating group) is 1. The fourth-order valence-corrected chi connectivity index (χ4v) is 18.0. The van der Waals surface area contributed by atoms with Gasteiger partial charge in [0.05, 0.1) is 50.2 Å². The number of methoxy groups -OCH3 is 1. The van der Waals surface area contributed by atoms with Crippen molar-refractivity contribution in [1.82, 2.24) is 40.4 Å². The Morgan fingerprint density at radius 3 is 2.53 bits per heavy atom. The Morgan fingerprint density at radius 1 is 0.988 bits per heavy atom. The van der Waals surface area contributed by atoms with Crippen molar-refractivity contribution in [2.24, 2.45) is 11.3 Å². The molecule has 5 aliphatic heterocycles. The number of nitrogens with one attached hydrogen (secondary N) is 3. The first-order valence-electron chi connectivity index (χ1n) is 29.9. The molecule has 25 heteroatoms. The van der Waals surface area contributed by atoms with Crippen LogP contribution in [-0.4, -0.2) is 195 Å².